The fraction of sp³-hybridized carbons (Fsp3) is 0.0556. The van der Waals surface area contributed by atoms with E-state index in [9.17, 15) is 9.59 Å². The molecule has 2 aromatic carbocycles. The number of hydrogen-bond donors (Lipinski definition) is 3. The number of nitrogens with zero attached hydrogens (tertiary/aromatic N) is 1. The van der Waals surface area contributed by atoms with Crippen LogP contribution >= 0.6 is 0 Å². The Morgan fingerprint density at radius 3 is 2.60 bits per heavy atom. The van der Waals surface area contributed by atoms with Gasteiger partial charge in [-0.05, 0) is 30.3 Å². The predicted octanol–water partition coefficient (Wildman–Crippen LogP) is 2.27. The number of para-hydroxylation sites is 1. The molecule has 0 atom stereocenters. The van der Waals surface area contributed by atoms with Crippen molar-refractivity contribution in [1.82, 2.24) is 10.4 Å². The number of fused-ring (bicyclic) bond motifs is 1. The Hall–Kier alpha value is -3.61. The highest BCUT2D eigenvalue weighted by atomic mass is 16.5. The fourth-order valence-corrected chi connectivity index (χ4v) is 2.27. The van der Waals surface area contributed by atoms with Crippen LogP contribution in [0.4, 0.5) is 5.69 Å². The molecule has 0 aliphatic rings. The summed E-state index contributed by atoms with van der Waals surface area (Å²) < 4.78 is 5.03. The number of nitrogens with one attached hydrogen (secondary N) is 3. The van der Waals surface area contributed by atoms with E-state index in [-0.39, 0.29) is 0 Å². The Bertz CT molecular complexity index is 929. The lowest BCUT2D eigenvalue weighted by Crippen LogP contribution is -2.32. The van der Waals surface area contributed by atoms with Crippen molar-refractivity contribution in [3.63, 3.8) is 0 Å². The number of anilines is 1. The summed E-state index contributed by atoms with van der Waals surface area (Å²) in [5, 5.41) is 7.28. The minimum Gasteiger partial charge on any atom is -0.497 e. The summed E-state index contributed by atoms with van der Waals surface area (Å²) in [6.45, 7) is 0. The normalized spacial score (nSPS) is 10.8. The van der Waals surface area contributed by atoms with Gasteiger partial charge in [-0.1, -0.05) is 18.2 Å². The third-order valence-electron chi connectivity index (χ3n) is 3.55. The van der Waals surface area contributed by atoms with Crippen molar-refractivity contribution >= 4 is 34.6 Å². The number of amides is 2. The molecule has 7 heteroatoms. The molecule has 3 aromatic rings. The van der Waals surface area contributed by atoms with Crippen LogP contribution in [0.5, 0.6) is 5.75 Å². The molecule has 0 unspecified atom stereocenters. The smallest absolute Gasteiger partial charge is 0.329 e. The molecule has 3 rings (SSSR count). The number of aromatic amines is 1. The fourth-order valence-electron chi connectivity index (χ4n) is 2.27. The molecule has 0 radical (unpaired) electrons. The van der Waals surface area contributed by atoms with Crippen LogP contribution in [-0.4, -0.2) is 30.1 Å². The SMILES string of the molecule is COc1ccc(NC(=O)C(=O)N/N=C\c2c[nH]c3ccccc23)cc1. The van der Waals surface area contributed by atoms with E-state index < -0.39 is 11.8 Å². The third kappa shape index (κ3) is 3.84. The molecule has 3 N–H and O–H groups in total. The number of methoxy groups -OCH3 is 1. The van der Waals surface area contributed by atoms with Crippen LogP contribution in [0.3, 0.4) is 0 Å². The summed E-state index contributed by atoms with van der Waals surface area (Å²) >= 11 is 0. The van der Waals surface area contributed by atoms with Gasteiger partial charge in [0.2, 0.25) is 0 Å². The van der Waals surface area contributed by atoms with Gasteiger partial charge in [-0.2, -0.15) is 5.10 Å². The van der Waals surface area contributed by atoms with Crippen molar-refractivity contribution in [2.24, 2.45) is 5.10 Å². The van der Waals surface area contributed by atoms with Gasteiger partial charge >= 0.3 is 11.8 Å². The average Bonchev–Trinajstić information content (AvgIpc) is 3.05. The van der Waals surface area contributed by atoms with Gasteiger partial charge in [0.15, 0.2) is 0 Å². The predicted molar refractivity (Wildman–Crippen MR) is 95.7 cm³/mol. The Labute approximate surface area is 143 Å². The van der Waals surface area contributed by atoms with Gasteiger partial charge in [-0.25, -0.2) is 5.43 Å². The molecule has 0 aliphatic heterocycles. The van der Waals surface area contributed by atoms with Gasteiger partial charge in [0.1, 0.15) is 5.75 Å². The minimum absolute atomic E-state index is 0.488. The number of hydrazone groups is 1. The summed E-state index contributed by atoms with van der Waals surface area (Å²) in [6.07, 6.45) is 3.26. The maximum Gasteiger partial charge on any atom is 0.329 e. The van der Waals surface area contributed by atoms with Gasteiger partial charge in [-0.15, -0.1) is 0 Å². The van der Waals surface area contributed by atoms with E-state index >= 15 is 0 Å². The van der Waals surface area contributed by atoms with Gasteiger partial charge in [-0.3, -0.25) is 9.59 Å². The number of ether oxygens (including phenoxy) is 1. The summed E-state index contributed by atoms with van der Waals surface area (Å²) in [6, 6.07) is 14.3. The summed E-state index contributed by atoms with van der Waals surface area (Å²) in [4.78, 5) is 26.7. The zero-order valence-electron chi connectivity index (χ0n) is 13.4. The number of rotatable bonds is 4. The second-order valence-corrected chi connectivity index (χ2v) is 5.17. The first-order valence-corrected chi connectivity index (χ1v) is 7.52. The van der Waals surface area contributed by atoms with E-state index in [2.05, 4.69) is 20.8 Å². The van der Waals surface area contributed by atoms with Crippen molar-refractivity contribution in [3.05, 3.63) is 60.3 Å². The summed E-state index contributed by atoms with van der Waals surface area (Å²) in [5.41, 5.74) is 4.47. The molecule has 0 saturated heterocycles. The standard InChI is InChI=1S/C18H16N4O3/c1-25-14-8-6-13(7-9-14)21-17(23)18(24)22-20-11-12-10-19-16-5-3-2-4-15(12)16/h2-11,19H,1H3,(H,21,23)(H,22,24)/b20-11-. The molecule has 0 saturated carbocycles. The van der Waals surface area contributed by atoms with Crippen LogP contribution in [0, 0.1) is 0 Å². The van der Waals surface area contributed by atoms with E-state index in [1.807, 2.05) is 24.3 Å². The second kappa shape index (κ2) is 7.31. The van der Waals surface area contributed by atoms with Crippen LogP contribution in [0.25, 0.3) is 10.9 Å². The quantitative estimate of drug-likeness (QED) is 0.387. The molecule has 126 valence electrons. The lowest BCUT2D eigenvalue weighted by molar-refractivity contribution is -0.136. The molecular weight excluding hydrogens is 320 g/mol. The molecule has 25 heavy (non-hydrogen) atoms. The first-order chi connectivity index (χ1) is 12.2. The molecule has 7 nitrogen and oxygen atoms in total. The lowest BCUT2D eigenvalue weighted by Gasteiger charge is -2.05. The third-order valence-corrected chi connectivity index (χ3v) is 3.55. The number of carbonyl (C=O) groups is 2. The van der Waals surface area contributed by atoms with E-state index in [4.69, 9.17) is 4.74 Å². The summed E-state index contributed by atoms with van der Waals surface area (Å²) in [5.74, 6) is -1.00. The van der Waals surface area contributed by atoms with E-state index in [0.29, 0.717) is 11.4 Å². The van der Waals surface area contributed by atoms with E-state index in [0.717, 1.165) is 16.5 Å². The number of hydrogen-bond acceptors (Lipinski definition) is 4. The van der Waals surface area contributed by atoms with Crippen LogP contribution in [0.2, 0.25) is 0 Å². The van der Waals surface area contributed by atoms with Crippen molar-refractivity contribution < 1.29 is 14.3 Å². The first-order valence-electron chi connectivity index (χ1n) is 7.52. The van der Waals surface area contributed by atoms with Crippen molar-refractivity contribution in [2.45, 2.75) is 0 Å². The number of H-pyrrole nitrogens is 1. The molecule has 0 bridgehead atoms. The van der Waals surface area contributed by atoms with E-state index in [1.165, 1.54) is 6.21 Å². The molecule has 1 heterocycles. The summed E-state index contributed by atoms with van der Waals surface area (Å²) in [7, 11) is 1.55. The molecule has 1 aromatic heterocycles. The zero-order chi connectivity index (χ0) is 17.6. The Balaban J connectivity index is 1.58. The highest BCUT2D eigenvalue weighted by Gasteiger charge is 2.12. The highest BCUT2D eigenvalue weighted by molar-refractivity contribution is 6.39. The topological polar surface area (TPSA) is 95.6 Å². The lowest BCUT2D eigenvalue weighted by atomic mass is 10.2. The number of carbonyl (C=O) groups excluding carboxylic acids is 2. The Morgan fingerprint density at radius 1 is 1.08 bits per heavy atom. The van der Waals surface area contributed by atoms with Crippen LogP contribution in [-0.2, 0) is 9.59 Å². The Morgan fingerprint density at radius 2 is 1.84 bits per heavy atom. The van der Waals surface area contributed by atoms with Crippen LogP contribution in [0.15, 0.2) is 59.8 Å². The monoisotopic (exact) mass is 336 g/mol. The van der Waals surface area contributed by atoms with Gasteiger partial charge in [0.25, 0.3) is 0 Å². The first kappa shape index (κ1) is 16.3. The van der Waals surface area contributed by atoms with Crippen molar-refractivity contribution in [3.8, 4) is 5.75 Å². The van der Waals surface area contributed by atoms with Gasteiger partial charge in [0.05, 0.1) is 13.3 Å². The molecular formula is C18H16N4O3. The van der Waals surface area contributed by atoms with Gasteiger partial charge in [0, 0.05) is 28.4 Å². The van der Waals surface area contributed by atoms with Crippen LogP contribution in [0.1, 0.15) is 5.56 Å². The average molecular weight is 336 g/mol. The highest BCUT2D eigenvalue weighted by Crippen LogP contribution is 2.16. The van der Waals surface area contributed by atoms with Crippen molar-refractivity contribution in [1.29, 1.82) is 0 Å². The van der Waals surface area contributed by atoms with Crippen molar-refractivity contribution in [2.75, 3.05) is 12.4 Å². The maximum absolute atomic E-state index is 11.8. The molecule has 0 aliphatic carbocycles. The maximum atomic E-state index is 11.8. The second-order valence-electron chi connectivity index (χ2n) is 5.17. The zero-order valence-corrected chi connectivity index (χ0v) is 13.4. The van der Waals surface area contributed by atoms with Crippen LogP contribution < -0.4 is 15.5 Å². The largest absolute Gasteiger partial charge is 0.497 e. The number of benzene rings is 2. The Kier molecular flexibility index (Phi) is 4.75. The minimum atomic E-state index is -0.855. The van der Waals surface area contributed by atoms with E-state index in [1.54, 1.807) is 37.6 Å². The molecule has 0 fully saturated rings. The number of aromatic nitrogens is 1. The molecule has 2 amide bonds. The van der Waals surface area contributed by atoms with Gasteiger partial charge < -0.3 is 15.0 Å². The molecule has 0 spiro atoms.